The molecule has 2 aromatic rings. The molecule has 0 atom stereocenters. The molecule has 0 N–H and O–H groups in total. The third kappa shape index (κ3) is 3.69. The Morgan fingerprint density at radius 2 is 1.75 bits per heavy atom. The number of Topliss-reactive ketones (excluding diaryl/α,β-unsaturated/α-hetero) is 1. The van der Waals surface area contributed by atoms with Gasteiger partial charge in [0.25, 0.3) is 0 Å². The van der Waals surface area contributed by atoms with Crippen LogP contribution in [-0.4, -0.2) is 12.4 Å². The van der Waals surface area contributed by atoms with E-state index in [1.165, 1.54) is 24.3 Å². The monoisotopic (exact) mass is 268 g/mol. The number of ether oxygens (including phenoxy) is 1. The number of halogens is 1. The van der Waals surface area contributed by atoms with E-state index in [0.29, 0.717) is 17.7 Å². The Balaban J connectivity index is 2.10. The fourth-order valence-corrected chi connectivity index (χ4v) is 1.60. The first-order chi connectivity index (χ1) is 9.69. The summed E-state index contributed by atoms with van der Waals surface area (Å²) >= 11 is 0. The minimum Gasteiger partial charge on any atom is -0.494 e. The number of hydrogen-bond donors (Lipinski definition) is 0. The minimum atomic E-state index is -0.326. The van der Waals surface area contributed by atoms with Gasteiger partial charge in [0.15, 0.2) is 0 Å². The molecule has 0 saturated carbocycles. The van der Waals surface area contributed by atoms with E-state index in [4.69, 9.17) is 4.74 Å². The van der Waals surface area contributed by atoms with Gasteiger partial charge in [-0.15, -0.1) is 0 Å². The van der Waals surface area contributed by atoms with Crippen molar-refractivity contribution < 1.29 is 13.9 Å². The van der Waals surface area contributed by atoms with Gasteiger partial charge >= 0.3 is 0 Å². The molecule has 2 nitrogen and oxygen atoms in total. The van der Waals surface area contributed by atoms with Crippen molar-refractivity contribution in [1.29, 1.82) is 0 Å². The zero-order chi connectivity index (χ0) is 14.4. The molecular formula is C17H13FO2. The fraction of sp³-hybridized carbons (Fsp3) is 0.118. The van der Waals surface area contributed by atoms with Gasteiger partial charge in [-0.1, -0.05) is 5.92 Å². The van der Waals surface area contributed by atoms with Crippen LogP contribution < -0.4 is 4.74 Å². The summed E-state index contributed by atoms with van der Waals surface area (Å²) < 4.78 is 18.0. The van der Waals surface area contributed by atoms with Crippen molar-refractivity contribution in [3.8, 4) is 17.6 Å². The predicted molar refractivity (Wildman–Crippen MR) is 75.2 cm³/mol. The zero-order valence-corrected chi connectivity index (χ0v) is 11.0. The van der Waals surface area contributed by atoms with Crippen molar-refractivity contribution in [2.75, 3.05) is 6.61 Å². The topological polar surface area (TPSA) is 26.3 Å². The lowest BCUT2D eigenvalue weighted by Crippen LogP contribution is -1.96. The van der Waals surface area contributed by atoms with E-state index in [1.54, 1.807) is 24.3 Å². The summed E-state index contributed by atoms with van der Waals surface area (Å²) in [6.07, 6.45) is 0. The number of carbonyl (C=O) groups excluding carboxylic acids is 1. The van der Waals surface area contributed by atoms with Crippen molar-refractivity contribution in [3.63, 3.8) is 0 Å². The fourth-order valence-electron chi connectivity index (χ4n) is 1.60. The van der Waals surface area contributed by atoms with Gasteiger partial charge in [0.05, 0.1) is 6.61 Å². The van der Waals surface area contributed by atoms with E-state index in [9.17, 15) is 9.18 Å². The average molecular weight is 268 g/mol. The van der Waals surface area contributed by atoms with E-state index in [0.717, 1.165) is 5.75 Å². The van der Waals surface area contributed by atoms with Crippen LogP contribution in [0.15, 0.2) is 48.5 Å². The summed E-state index contributed by atoms with van der Waals surface area (Å²) in [6, 6.07) is 12.5. The van der Waals surface area contributed by atoms with E-state index in [2.05, 4.69) is 11.8 Å². The molecule has 2 rings (SSSR count). The molecule has 0 aromatic heterocycles. The first kappa shape index (κ1) is 13.8. The molecule has 0 radical (unpaired) electrons. The van der Waals surface area contributed by atoms with Gasteiger partial charge < -0.3 is 4.74 Å². The summed E-state index contributed by atoms with van der Waals surface area (Å²) in [6.45, 7) is 2.48. The highest BCUT2D eigenvalue weighted by atomic mass is 19.1. The Labute approximate surface area is 117 Å². The quantitative estimate of drug-likeness (QED) is 0.629. The number of rotatable bonds is 3. The number of hydrogen-bond acceptors (Lipinski definition) is 2. The molecule has 100 valence electrons. The SMILES string of the molecule is CCOc1ccc(C(=O)C#Cc2ccc(F)cc2)cc1. The standard InChI is InChI=1S/C17H13FO2/c1-2-20-16-10-6-14(7-11-16)17(19)12-5-13-3-8-15(18)9-4-13/h3-4,6-11H,2H2,1H3. The van der Waals surface area contributed by atoms with Crippen LogP contribution in [0.1, 0.15) is 22.8 Å². The van der Waals surface area contributed by atoms with E-state index < -0.39 is 0 Å². The molecule has 20 heavy (non-hydrogen) atoms. The maximum Gasteiger partial charge on any atom is 0.236 e. The highest BCUT2D eigenvalue weighted by Crippen LogP contribution is 2.12. The molecule has 0 unspecified atom stereocenters. The van der Waals surface area contributed by atoms with Crippen LogP contribution in [0.5, 0.6) is 5.75 Å². The number of benzene rings is 2. The van der Waals surface area contributed by atoms with Gasteiger partial charge in [-0.2, -0.15) is 0 Å². The molecule has 0 bridgehead atoms. The highest BCUT2D eigenvalue weighted by molar-refractivity contribution is 6.09. The largest absolute Gasteiger partial charge is 0.494 e. The molecule has 3 heteroatoms. The van der Waals surface area contributed by atoms with Crippen LogP contribution in [0.3, 0.4) is 0 Å². The normalized spacial score (nSPS) is 9.50. The van der Waals surface area contributed by atoms with Crippen molar-refractivity contribution in [1.82, 2.24) is 0 Å². The lowest BCUT2D eigenvalue weighted by atomic mass is 10.1. The van der Waals surface area contributed by atoms with Crippen molar-refractivity contribution in [2.45, 2.75) is 6.92 Å². The molecule has 0 saturated heterocycles. The Hall–Kier alpha value is -2.60. The van der Waals surface area contributed by atoms with Crippen molar-refractivity contribution in [3.05, 3.63) is 65.5 Å². The average Bonchev–Trinajstić information content (AvgIpc) is 2.47. The third-order valence-electron chi connectivity index (χ3n) is 2.59. The Morgan fingerprint density at radius 3 is 2.35 bits per heavy atom. The van der Waals surface area contributed by atoms with Crippen LogP contribution in [0, 0.1) is 17.7 Å². The maximum atomic E-state index is 12.7. The minimum absolute atomic E-state index is 0.280. The summed E-state index contributed by atoms with van der Waals surface area (Å²) in [5.41, 5.74) is 1.11. The third-order valence-corrected chi connectivity index (χ3v) is 2.59. The Morgan fingerprint density at radius 1 is 1.10 bits per heavy atom. The molecule has 0 heterocycles. The van der Waals surface area contributed by atoms with Gasteiger partial charge in [-0.3, -0.25) is 4.79 Å². The van der Waals surface area contributed by atoms with E-state index in [1.807, 2.05) is 6.92 Å². The van der Waals surface area contributed by atoms with E-state index >= 15 is 0 Å². The lowest BCUT2D eigenvalue weighted by molar-refractivity contribution is 0.105. The van der Waals surface area contributed by atoms with Crippen LogP contribution in [0.4, 0.5) is 4.39 Å². The highest BCUT2D eigenvalue weighted by Gasteiger charge is 2.02. The molecule has 0 amide bonds. The molecule has 0 aliphatic rings. The second-order valence-corrected chi connectivity index (χ2v) is 4.04. The number of ketones is 1. The van der Waals surface area contributed by atoms with Crippen molar-refractivity contribution in [2.24, 2.45) is 0 Å². The predicted octanol–water partition coefficient (Wildman–Crippen LogP) is 3.46. The molecule has 2 aromatic carbocycles. The lowest BCUT2D eigenvalue weighted by Gasteiger charge is -2.02. The van der Waals surface area contributed by atoms with Crippen LogP contribution >= 0.6 is 0 Å². The van der Waals surface area contributed by atoms with Gasteiger partial charge in [-0.25, -0.2) is 4.39 Å². The summed E-state index contributed by atoms with van der Waals surface area (Å²) in [4.78, 5) is 11.9. The first-order valence-electron chi connectivity index (χ1n) is 6.24. The Kier molecular flexibility index (Phi) is 4.52. The molecule has 0 spiro atoms. The van der Waals surface area contributed by atoms with E-state index in [-0.39, 0.29) is 11.6 Å². The smallest absolute Gasteiger partial charge is 0.236 e. The second-order valence-electron chi connectivity index (χ2n) is 4.04. The zero-order valence-electron chi connectivity index (χ0n) is 11.0. The first-order valence-corrected chi connectivity index (χ1v) is 6.24. The molecule has 0 fully saturated rings. The van der Waals surface area contributed by atoms with Gasteiger partial charge in [0.1, 0.15) is 11.6 Å². The van der Waals surface area contributed by atoms with Crippen molar-refractivity contribution >= 4 is 5.78 Å². The van der Waals surface area contributed by atoms with Crippen LogP contribution in [-0.2, 0) is 0 Å². The molecule has 0 aliphatic carbocycles. The number of carbonyl (C=O) groups is 1. The van der Waals surface area contributed by atoms with Crippen LogP contribution in [0.25, 0.3) is 0 Å². The summed E-state index contributed by atoms with van der Waals surface area (Å²) in [5, 5.41) is 0. The Bertz CT molecular complexity index is 646. The van der Waals surface area contributed by atoms with Crippen LogP contribution in [0.2, 0.25) is 0 Å². The summed E-state index contributed by atoms with van der Waals surface area (Å²) in [7, 11) is 0. The molecular weight excluding hydrogens is 255 g/mol. The molecule has 0 aliphatic heterocycles. The second kappa shape index (κ2) is 6.53. The van der Waals surface area contributed by atoms with Gasteiger partial charge in [-0.05, 0) is 61.4 Å². The van der Waals surface area contributed by atoms with Gasteiger partial charge in [0, 0.05) is 11.1 Å². The summed E-state index contributed by atoms with van der Waals surface area (Å²) in [5.74, 6) is 5.36. The van der Waals surface area contributed by atoms with Gasteiger partial charge in [0.2, 0.25) is 5.78 Å². The maximum absolute atomic E-state index is 12.7.